The van der Waals surface area contributed by atoms with Gasteiger partial charge in [0.2, 0.25) is 0 Å². The van der Waals surface area contributed by atoms with E-state index in [-0.39, 0.29) is 11.5 Å². The molecule has 19 heavy (non-hydrogen) atoms. The van der Waals surface area contributed by atoms with Crippen molar-refractivity contribution in [3.63, 3.8) is 0 Å². The highest BCUT2D eigenvalue weighted by molar-refractivity contribution is 8.13. The molecular weight excluding hydrogens is 276 g/mol. The summed E-state index contributed by atoms with van der Waals surface area (Å²) in [5.41, 5.74) is 0.450. The number of thioether (sulfide) groups is 1. The number of alkyl halides is 2. The van der Waals surface area contributed by atoms with Gasteiger partial charge in [0.15, 0.2) is 22.9 Å². The molecule has 0 bridgehead atoms. The van der Waals surface area contributed by atoms with Gasteiger partial charge >= 0.3 is 6.61 Å². The van der Waals surface area contributed by atoms with E-state index in [1.54, 1.807) is 12.4 Å². The van der Waals surface area contributed by atoms with Crippen LogP contribution in [0.4, 0.5) is 14.5 Å². The Balaban J connectivity index is 3.02. The molecule has 0 saturated carbocycles. The molecule has 1 N–H and O–H groups in total. The number of hydrogen-bond acceptors (Lipinski definition) is 5. The normalized spacial score (nSPS) is 11.1. The van der Waals surface area contributed by atoms with Crippen LogP contribution in [0.5, 0.6) is 11.5 Å². The maximum Gasteiger partial charge on any atom is 0.387 e. The molecule has 0 unspecified atom stereocenters. The second-order valence-electron chi connectivity index (χ2n) is 3.07. The van der Waals surface area contributed by atoms with Crippen molar-refractivity contribution in [2.75, 3.05) is 13.4 Å². The van der Waals surface area contributed by atoms with E-state index in [0.29, 0.717) is 10.9 Å². The maximum absolute atomic E-state index is 12.1. The molecule has 0 aliphatic carbocycles. The van der Waals surface area contributed by atoms with Crippen LogP contribution in [0, 0.1) is 11.5 Å². The van der Waals surface area contributed by atoms with E-state index in [1.165, 1.54) is 37.1 Å². The van der Waals surface area contributed by atoms with Crippen molar-refractivity contribution in [2.45, 2.75) is 6.61 Å². The van der Waals surface area contributed by atoms with Crippen molar-refractivity contribution in [3.8, 4) is 17.7 Å². The van der Waals surface area contributed by atoms with E-state index < -0.39 is 6.61 Å². The summed E-state index contributed by atoms with van der Waals surface area (Å²) in [5, 5.41) is 11.3. The Morgan fingerprint density at radius 1 is 1.47 bits per heavy atom. The van der Waals surface area contributed by atoms with Gasteiger partial charge in [0.05, 0.1) is 12.8 Å². The van der Waals surface area contributed by atoms with E-state index in [2.05, 4.69) is 15.0 Å². The third-order valence-corrected chi connectivity index (χ3v) is 2.53. The molecule has 5 nitrogen and oxygen atoms in total. The van der Waals surface area contributed by atoms with Crippen LogP contribution in [0.25, 0.3) is 0 Å². The minimum atomic E-state index is -2.93. The number of ether oxygens (including phenoxy) is 2. The number of benzene rings is 1. The van der Waals surface area contributed by atoms with Crippen LogP contribution in [-0.4, -0.2) is 25.1 Å². The second-order valence-corrected chi connectivity index (χ2v) is 3.87. The quantitative estimate of drug-likeness (QED) is 0.399. The molecule has 0 fully saturated rings. The smallest absolute Gasteiger partial charge is 0.387 e. The van der Waals surface area contributed by atoms with Crippen molar-refractivity contribution in [1.82, 2.24) is 5.32 Å². The fourth-order valence-electron chi connectivity index (χ4n) is 1.21. The van der Waals surface area contributed by atoms with Gasteiger partial charge in [-0.3, -0.25) is 5.32 Å². The van der Waals surface area contributed by atoms with Gasteiger partial charge in [0.1, 0.15) is 0 Å². The predicted octanol–water partition coefficient (Wildman–Crippen LogP) is 2.72. The number of hydrogen-bond donors (Lipinski definition) is 1. The minimum Gasteiger partial charge on any atom is -0.493 e. The SMILES string of the molecule is COc1cc(N=C(NC#N)SC)ccc1OC(F)F. The van der Waals surface area contributed by atoms with Crippen molar-refractivity contribution in [1.29, 1.82) is 5.26 Å². The van der Waals surface area contributed by atoms with Gasteiger partial charge in [-0.1, -0.05) is 11.8 Å². The van der Waals surface area contributed by atoms with Crippen molar-refractivity contribution < 1.29 is 18.3 Å². The van der Waals surface area contributed by atoms with Crippen molar-refractivity contribution in [2.24, 2.45) is 4.99 Å². The summed E-state index contributed by atoms with van der Waals surface area (Å²) >= 11 is 1.24. The van der Waals surface area contributed by atoms with Crippen molar-refractivity contribution >= 4 is 22.6 Å². The lowest BCUT2D eigenvalue weighted by atomic mass is 10.3. The van der Waals surface area contributed by atoms with Crippen molar-refractivity contribution in [3.05, 3.63) is 18.2 Å². The summed E-state index contributed by atoms with van der Waals surface area (Å²) < 4.78 is 33.5. The number of nitrogens with zero attached hydrogens (tertiary/aromatic N) is 2. The lowest BCUT2D eigenvalue weighted by Gasteiger charge is -2.10. The summed E-state index contributed by atoms with van der Waals surface area (Å²) in [6.07, 6.45) is 3.49. The van der Waals surface area contributed by atoms with E-state index in [0.717, 1.165) is 0 Å². The molecule has 0 aliphatic rings. The Bertz CT molecular complexity index is 503. The third kappa shape index (κ3) is 4.63. The van der Waals surface area contributed by atoms with E-state index >= 15 is 0 Å². The summed E-state index contributed by atoms with van der Waals surface area (Å²) in [6, 6.07) is 4.25. The molecular formula is C11H11F2N3O2S. The number of nitrogens with one attached hydrogen (secondary N) is 1. The monoisotopic (exact) mass is 287 g/mol. The fourth-order valence-corrected chi connectivity index (χ4v) is 1.55. The van der Waals surface area contributed by atoms with Gasteiger partial charge < -0.3 is 9.47 Å². The average Bonchev–Trinajstić information content (AvgIpc) is 2.39. The minimum absolute atomic E-state index is 0.0737. The summed E-state index contributed by atoms with van der Waals surface area (Å²) in [5.74, 6) is 0.0642. The van der Waals surface area contributed by atoms with Crippen LogP contribution in [0.3, 0.4) is 0 Å². The lowest BCUT2D eigenvalue weighted by molar-refractivity contribution is -0.0512. The first-order chi connectivity index (χ1) is 9.10. The zero-order valence-corrected chi connectivity index (χ0v) is 11.0. The molecule has 0 aliphatic heterocycles. The number of nitriles is 1. The maximum atomic E-state index is 12.1. The fraction of sp³-hybridized carbons (Fsp3) is 0.273. The molecule has 1 aromatic carbocycles. The zero-order valence-electron chi connectivity index (χ0n) is 10.2. The van der Waals surface area contributed by atoms with E-state index in [1.807, 2.05) is 0 Å². The third-order valence-electron chi connectivity index (χ3n) is 1.95. The molecule has 1 aromatic rings. The van der Waals surface area contributed by atoms with Gasteiger partial charge in [0, 0.05) is 6.07 Å². The highest BCUT2D eigenvalue weighted by Crippen LogP contribution is 2.32. The van der Waals surface area contributed by atoms with Gasteiger partial charge in [-0.25, -0.2) is 4.99 Å². The van der Waals surface area contributed by atoms with Gasteiger partial charge in [-0.15, -0.1) is 0 Å². The molecule has 8 heteroatoms. The molecule has 0 radical (unpaired) electrons. The first-order valence-electron chi connectivity index (χ1n) is 5.01. The van der Waals surface area contributed by atoms with Crippen LogP contribution >= 0.6 is 11.8 Å². The highest BCUT2D eigenvalue weighted by Gasteiger charge is 2.11. The summed E-state index contributed by atoms with van der Waals surface area (Å²) in [6.45, 7) is -2.93. The Hall–Kier alpha value is -2.01. The van der Waals surface area contributed by atoms with Crippen LogP contribution < -0.4 is 14.8 Å². The van der Waals surface area contributed by atoms with Gasteiger partial charge in [0.25, 0.3) is 0 Å². The molecule has 0 atom stereocenters. The molecule has 102 valence electrons. The number of amidine groups is 1. The average molecular weight is 287 g/mol. The Morgan fingerprint density at radius 3 is 2.74 bits per heavy atom. The number of aliphatic imine (C=N–C) groups is 1. The van der Waals surface area contributed by atoms with E-state index in [9.17, 15) is 8.78 Å². The van der Waals surface area contributed by atoms with E-state index in [4.69, 9.17) is 10.00 Å². The van der Waals surface area contributed by atoms with Crippen LogP contribution in [0.2, 0.25) is 0 Å². The standard InChI is InChI=1S/C11H11F2N3O2S/c1-17-9-5-7(16-11(19-2)15-6-14)3-4-8(9)18-10(12)13/h3-5,10H,1-2H3,(H,15,16). The summed E-state index contributed by atoms with van der Waals surface area (Å²) in [4.78, 5) is 4.12. The predicted molar refractivity (Wildman–Crippen MR) is 69.0 cm³/mol. The van der Waals surface area contributed by atoms with Gasteiger partial charge in [-0.2, -0.15) is 14.0 Å². The topological polar surface area (TPSA) is 66.6 Å². The van der Waals surface area contributed by atoms with Gasteiger partial charge in [-0.05, 0) is 18.4 Å². The van der Waals surface area contributed by atoms with Crippen LogP contribution in [0.15, 0.2) is 23.2 Å². The Morgan fingerprint density at radius 2 is 2.21 bits per heavy atom. The van der Waals surface area contributed by atoms with Crippen LogP contribution in [0.1, 0.15) is 0 Å². The number of rotatable bonds is 4. The molecule has 1 rings (SSSR count). The first kappa shape index (κ1) is 15.0. The molecule has 0 spiro atoms. The largest absolute Gasteiger partial charge is 0.493 e. The second kappa shape index (κ2) is 7.43. The lowest BCUT2D eigenvalue weighted by Crippen LogP contribution is -2.12. The number of halogens is 2. The first-order valence-corrected chi connectivity index (χ1v) is 6.23. The highest BCUT2D eigenvalue weighted by atomic mass is 32.2. The Labute approximate surface area is 113 Å². The molecule has 0 aromatic heterocycles. The molecule has 0 heterocycles. The Kier molecular flexibility index (Phi) is 5.89. The summed E-state index contributed by atoms with van der Waals surface area (Å²) in [7, 11) is 1.34. The molecule has 0 saturated heterocycles. The number of methoxy groups -OCH3 is 1. The molecule has 0 amide bonds. The van der Waals surface area contributed by atoms with Crippen LogP contribution in [-0.2, 0) is 0 Å². The zero-order chi connectivity index (χ0) is 14.3.